The lowest BCUT2D eigenvalue weighted by molar-refractivity contribution is -0.120. The van der Waals surface area contributed by atoms with Crippen LogP contribution in [0.2, 0.25) is 0 Å². The van der Waals surface area contributed by atoms with Gasteiger partial charge in [-0.3, -0.25) is 9.59 Å². The first kappa shape index (κ1) is 16.4. The van der Waals surface area contributed by atoms with Crippen molar-refractivity contribution in [3.63, 3.8) is 0 Å². The normalized spacial score (nSPS) is 10.9. The highest BCUT2D eigenvalue weighted by atomic mass is 16.2. The fraction of sp³-hybridized carbons (Fsp3) is 0.167. The number of amides is 2. The van der Waals surface area contributed by atoms with Gasteiger partial charge in [-0.2, -0.15) is 5.10 Å². The minimum Gasteiger partial charge on any atom is -0.343 e. The summed E-state index contributed by atoms with van der Waals surface area (Å²) in [7, 11) is 0. The van der Waals surface area contributed by atoms with Gasteiger partial charge in [-0.15, -0.1) is 0 Å². The highest BCUT2D eigenvalue weighted by Crippen LogP contribution is 2.00. The highest BCUT2D eigenvalue weighted by molar-refractivity contribution is 5.96. The van der Waals surface area contributed by atoms with E-state index >= 15 is 0 Å². The molecule has 23 heavy (non-hydrogen) atoms. The van der Waals surface area contributed by atoms with Gasteiger partial charge in [0.05, 0.1) is 6.54 Å². The molecule has 0 aliphatic rings. The minimum atomic E-state index is -0.360. The molecule has 0 saturated carbocycles. The summed E-state index contributed by atoms with van der Waals surface area (Å²) in [6, 6.07) is 18.6. The van der Waals surface area contributed by atoms with Crippen LogP contribution in [-0.4, -0.2) is 24.1 Å². The van der Waals surface area contributed by atoms with Gasteiger partial charge < -0.3 is 5.32 Å². The smallest absolute Gasteiger partial charge is 0.259 e. The number of carbonyl (C=O) groups excluding carboxylic acids is 2. The van der Waals surface area contributed by atoms with E-state index in [4.69, 9.17) is 0 Å². The summed E-state index contributed by atoms with van der Waals surface area (Å²) in [6.07, 6.45) is 0.664. The zero-order chi connectivity index (χ0) is 16.5. The van der Waals surface area contributed by atoms with E-state index in [1.165, 1.54) is 0 Å². The van der Waals surface area contributed by atoms with E-state index in [-0.39, 0.29) is 18.4 Å². The van der Waals surface area contributed by atoms with Gasteiger partial charge in [-0.05, 0) is 24.6 Å². The Morgan fingerprint density at radius 3 is 2.22 bits per heavy atom. The molecule has 118 valence electrons. The Balaban J connectivity index is 1.76. The fourth-order valence-corrected chi connectivity index (χ4v) is 1.98. The quantitative estimate of drug-likeness (QED) is 0.634. The molecule has 0 aliphatic heterocycles. The number of hydrogen-bond acceptors (Lipinski definition) is 3. The van der Waals surface area contributed by atoms with Crippen molar-refractivity contribution >= 4 is 17.5 Å². The average molecular weight is 309 g/mol. The molecule has 0 bridgehead atoms. The Morgan fingerprint density at radius 1 is 0.957 bits per heavy atom. The molecular weight excluding hydrogens is 290 g/mol. The van der Waals surface area contributed by atoms with Gasteiger partial charge in [0.15, 0.2) is 0 Å². The standard InChI is InChI=1S/C18H19N3O2/c1-14(12-15-8-4-2-5-9-15)20-21-17(22)13-19-18(23)16-10-6-3-7-11-16/h2-11H,12-13H2,1H3,(H,19,23)(H,21,22)/b20-14-. The Kier molecular flexibility index (Phi) is 6.06. The van der Waals surface area contributed by atoms with Crippen LogP contribution in [0.3, 0.4) is 0 Å². The predicted molar refractivity (Wildman–Crippen MR) is 90.2 cm³/mol. The van der Waals surface area contributed by atoms with Crippen LogP contribution in [0, 0.1) is 0 Å². The monoisotopic (exact) mass is 309 g/mol. The fourth-order valence-electron chi connectivity index (χ4n) is 1.98. The first-order valence-corrected chi connectivity index (χ1v) is 7.34. The molecule has 0 heterocycles. The van der Waals surface area contributed by atoms with Gasteiger partial charge in [-0.1, -0.05) is 48.5 Å². The van der Waals surface area contributed by atoms with E-state index in [2.05, 4.69) is 15.8 Å². The van der Waals surface area contributed by atoms with E-state index in [0.29, 0.717) is 12.0 Å². The van der Waals surface area contributed by atoms with Crippen LogP contribution in [0.1, 0.15) is 22.8 Å². The predicted octanol–water partition coefficient (Wildman–Crippen LogP) is 2.15. The summed E-state index contributed by atoms with van der Waals surface area (Å²) in [4.78, 5) is 23.5. The third-order valence-electron chi connectivity index (χ3n) is 3.12. The van der Waals surface area contributed by atoms with Gasteiger partial charge in [0, 0.05) is 17.7 Å². The Labute approximate surface area is 135 Å². The molecule has 0 radical (unpaired) electrons. The third kappa shape index (κ3) is 5.74. The Hall–Kier alpha value is -2.95. The Bertz CT molecular complexity index is 682. The van der Waals surface area contributed by atoms with E-state index < -0.39 is 0 Å². The molecule has 0 saturated heterocycles. The SMILES string of the molecule is C/C(Cc1ccccc1)=N/NC(=O)CNC(=O)c1ccccc1. The number of rotatable bonds is 6. The van der Waals surface area contributed by atoms with Crippen LogP contribution in [0.4, 0.5) is 0 Å². The van der Waals surface area contributed by atoms with Gasteiger partial charge in [-0.25, -0.2) is 5.43 Å². The second-order valence-corrected chi connectivity index (χ2v) is 5.09. The lowest BCUT2D eigenvalue weighted by Gasteiger charge is -2.05. The number of nitrogens with one attached hydrogen (secondary N) is 2. The van der Waals surface area contributed by atoms with E-state index in [0.717, 1.165) is 11.3 Å². The van der Waals surface area contributed by atoms with Crippen molar-refractivity contribution in [1.82, 2.24) is 10.7 Å². The second-order valence-electron chi connectivity index (χ2n) is 5.09. The van der Waals surface area contributed by atoms with Crippen LogP contribution in [0.15, 0.2) is 65.8 Å². The van der Waals surface area contributed by atoms with E-state index in [1.54, 1.807) is 24.3 Å². The molecule has 0 atom stereocenters. The van der Waals surface area contributed by atoms with Crippen LogP contribution in [0.5, 0.6) is 0 Å². The number of hydrogen-bond donors (Lipinski definition) is 2. The lowest BCUT2D eigenvalue weighted by Crippen LogP contribution is -2.35. The van der Waals surface area contributed by atoms with Crippen molar-refractivity contribution in [2.24, 2.45) is 5.10 Å². The molecule has 0 unspecified atom stereocenters. The summed E-state index contributed by atoms with van der Waals surface area (Å²) in [5.74, 6) is -0.646. The van der Waals surface area contributed by atoms with Crippen LogP contribution in [-0.2, 0) is 11.2 Å². The maximum Gasteiger partial charge on any atom is 0.259 e. The maximum absolute atomic E-state index is 11.8. The van der Waals surface area contributed by atoms with Crippen LogP contribution in [0.25, 0.3) is 0 Å². The molecule has 0 fully saturated rings. The summed E-state index contributed by atoms with van der Waals surface area (Å²) in [5, 5.41) is 6.59. The van der Waals surface area contributed by atoms with Crippen LogP contribution < -0.4 is 10.7 Å². The molecule has 2 aromatic carbocycles. The number of carbonyl (C=O) groups is 2. The largest absolute Gasteiger partial charge is 0.343 e. The van der Waals surface area contributed by atoms with Crippen molar-refractivity contribution in [2.45, 2.75) is 13.3 Å². The molecule has 0 aliphatic carbocycles. The van der Waals surface area contributed by atoms with Gasteiger partial charge in [0.1, 0.15) is 0 Å². The number of nitrogens with zero attached hydrogens (tertiary/aromatic N) is 1. The molecule has 0 aromatic heterocycles. The average Bonchev–Trinajstić information content (AvgIpc) is 2.59. The van der Waals surface area contributed by atoms with E-state index in [9.17, 15) is 9.59 Å². The minimum absolute atomic E-state index is 0.115. The maximum atomic E-state index is 11.8. The molecule has 2 aromatic rings. The van der Waals surface area contributed by atoms with Gasteiger partial charge >= 0.3 is 0 Å². The van der Waals surface area contributed by atoms with Crippen molar-refractivity contribution in [2.75, 3.05) is 6.54 Å². The molecule has 0 spiro atoms. The van der Waals surface area contributed by atoms with E-state index in [1.807, 2.05) is 43.3 Å². The van der Waals surface area contributed by atoms with Crippen molar-refractivity contribution in [3.05, 3.63) is 71.8 Å². The molecular formula is C18H19N3O2. The van der Waals surface area contributed by atoms with Gasteiger partial charge in [0.25, 0.3) is 11.8 Å². The zero-order valence-electron chi connectivity index (χ0n) is 13.0. The zero-order valence-corrected chi connectivity index (χ0v) is 13.0. The molecule has 2 rings (SSSR count). The highest BCUT2D eigenvalue weighted by Gasteiger charge is 2.06. The summed E-state index contributed by atoms with van der Waals surface area (Å²) in [6.45, 7) is 1.73. The lowest BCUT2D eigenvalue weighted by atomic mass is 10.1. The first-order valence-electron chi connectivity index (χ1n) is 7.34. The molecule has 5 heteroatoms. The van der Waals surface area contributed by atoms with Gasteiger partial charge in [0.2, 0.25) is 0 Å². The van der Waals surface area contributed by atoms with Crippen molar-refractivity contribution < 1.29 is 9.59 Å². The van der Waals surface area contributed by atoms with Crippen LogP contribution >= 0.6 is 0 Å². The third-order valence-corrected chi connectivity index (χ3v) is 3.12. The topological polar surface area (TPSA) is 70.6 Å². The summed E-state index contributed by atoms with van der Waals surface area (Å²) in [5.41, 5.74) is 4.88. The van der Waals surface area contributed by atoms with Crippen molar-refractivity contribution in [1.29, 1.82) is 0 Å². The van der Waals surface area contributed by atoms with Crippen molar-refractivity contribution in [3.8, 4) is 0 Å². The Morgan fingerprint density at radius 2 is 1.57 bits per heavy atom. The molecule has 2 amide bonds. The first-order chi connectivity index (χ1) is 11.1. The number of hydrazone groups is 1. The molecule has 5 nitrogen and oxygen atoms in total. The summed E-state index contributed by atoms with van der Waals surface area (Å²) < 4.78 is 0. The molecule has 2 N–H and O–H groups in total. The number of benzene rings is 2. The second kappa shape index (κ2) is 8.48. The summed E-state index contributed by atoms with van der Waals surface area (Å²) >= 11 is 0.